The molecule has 70 valence electrons. The second kappa shape index (κ2) is 3.14. The van der Waals surface area contributed by atoms with Gasteiger partial charge in [0.1, 0.15) is 6.04 Å². The third-order valence-corrected chi connectivity index (χ3v) is 2.22. The van der Waals surface area contributed by atoms with Gasteiger partial charge in [-0.1, -0.05) is 5.21 Å². The van der Waals surface area contributed by atoms with Gasteiger partial charge in [0.05, 0.1) is 12.2 Å². The summed E-state index contributed by atoms with van der Waals surface area (Å²) in [4.78, 5) is 10.6. The van der Waals surface area contributed by atoms with E-state index in [4.69, 9.17) is 5.11 Å². The van der Waals surface area contributed by atoms with E-state index in [0.29, 0.717) is 13.0 Å². The fourth-order valence-corrected chi connectivity index (χ4v) is 1.52. The Morgan fingerprint density at radius 1 is 1.69 bits per heavy atom. The predicted octanol–water partition coefficient (Wildman–Crippen LogP) is -0.734. The zero-order valence-electron chi connectivity index (χ0n) is 6.92. The van der Waals surface area contributed by atoms with E-state index >= 15 is 0 Å². The van der Waals surface area contributed by atoms with Crippen molar-refractivity contribution < 1.29 is 9.90 Å². The molecule has 2 N–H and O–H groups in total. The maximum atomic E-state index is 10.6. The van der Waals surface area contributed by atoms with E-state index < -0.39 is 12.0 Å². The number of carboxylic acid groups (broad SMARTS) is 1. The van der Waals surface area contributed by atoms with Gasteiger partial charge in [-0.25, -0.2) is 4.68 Å². The summed E-state index contributed by atoms with van der Waals surface area (Å²) in [5.74, 6) is -0.803. The van der Waals surface area contributed by atoms with Gasteiger partial charge >= 0.3 is 5.97 Å². The lowest BCUT2D eigenvalue weighted by Crippen LogP contribution is -2.29. The highest BCUT2D eigenvalue weighted by Gasteiger charge is 2.30. The molecule has 13 heavy (non-hydrogen) atoms. The zero-order valence-corrected chi connectivity index (χ0v) is 6.92. The number of aromatic nitrogens is 3. The summed E-state index contributed by atoms with van der Waals surface area (Å²) >= 11 is 0. The molecule has 0 amide bonds. The highest BCUT2D eigenvalue weighted by molar-refractivity contribution is 5.73. The molecule has 0 bridgehead atoms. The Morgan fingerprint density at radius 3 is 3.08 bits per heavy atom. The first-order valence-electron chi connectivity index (χ1n) is 4.09. The van der Waals surface area contributed by atoms with Crippen LogP contribution in [0.3, 0.4) is 0 Å². The molecule has 0 spiro atoms. The minimum atomic E-state index is -0.803. The van der Waals surface area contributed by atoms with Crippen LogP contribution < -0.4 is 5.32 Å². The Hall–Kier alpha value is -1.43. The molecule has 1 aromatic rings. The van der Waals surface area contributed by atoms with Crippen LogP contribution in [-0.4, -0.2) is 38.7 Å². The SMILES string of the molecule is O=C(O)[C@@H]1C[C@H](n2ccnn2)CN1. The van der Waals surface area contributed by atoms with Crippen molar-refractivity contribution in [1.82, 2.24) is 20.3 Å². The van der Waals surface area contributed by atoms with Crippen LogP contribution in [0.2, 0.25) is 0 Å². The summed E-state index contributed by atoms with van der Waals surface area (Å²) in [6, 6.07) is -0.335. The minimum absolute atomic E-state index is 0.114. The van der Waals surface area contributed by atoms with Gasteiger partial charge in [0.2, 0.25) is 0 Å². The first-order chi connectivity index (χ1) is 6.27. The number of aliphatic carboxylic acids is 1. The predicted molar refractivity (Wildman–Crippen MR) is 43.1 cm³/mol. The number of carboxylic acids is 1. The normalized spacial score (nSPS) is 27.7. The lowest BCUT2D eigenvalue weighted by Gasteiger charge is -2.06. The lowest BCUT2D eigenvalue weighted by atomic mass is 10.2. The van der Waals surface area contributed by atoms with Crippen molar-refractivity contribution in [2.75, 3.05) is 6.54 Å². The third-order valence-electron chi connectivity index (χ3n) is 2.22. The molecule has 0 radical (unpaired) electrons. The van der Waals surface area contributed by atoms with Crippen molar-refractivity contribution in [3.8, 4) is 0 Å². The van der Waals surface area contributed by atoms with Gasteiger partial charge in [-0.2, -0.15) is 0 Å². The van der Waals surface area contributed by atoms with Crippen LogP contribution in [0.15, 0.2) is 12.4 Å². The molecule has 2 heterocycles. The van der Waals surface area contributed by atoms with Crippen LogP contribution in [0, 0.1) is 0 Å². The van der Waals surface area contributed by atoms with Gasteiger partial charge in [0.25, 0.3) is 0 Å². The molecule has 2 atom stereocenters. The van der Waals surface area contributed by atoms with E-state index in [1.807, 2.05) is 0 Å². The van der Waals surface area contributed by atoms with Crippen LogP contribution in [0.4, 0.5) is 0 Å². The summed E-state index contributed by atoms with van der Waals surface area (Å²) in [5.41, 5.74) is 0. The second-order valence-electron chi connectivity index (χ2n) is 3.07. The third kappa shape index (κ3) is 1.52. The standard InChI is InChI=1S/C7H10N4O2/c12-7(13)6-3-5(4-8-6)11-2-1-9-10-11/h1-2,5-6,8H,3-4H2,(H,12,13)/t5-,6-/m0/s1. The van der Waals surface area contributed by atoms with Gasteiger partial charge < -0.3 is 10.4 Å². The smallest absolute Gasteiger partial charge is 0.320 e. The molecular weight excluding hydrogens is 172 g/mol. The van der Waals surface area contributed by atoms with Crippen LogP contribution in [0.25, 0.3) is 0 Å². The first-order valence-corrected chi connectivity index (χ1v) is 4.09. The summed E-state index contributed by atoms with van der Waals surface area (Å²) in [5, 5.41) is 19.1. The van der Waals surface area contributed by atoms with E-state index in [9.17, 15) is 4.79 Å². The average molecular weight is 182 g/mol. The van der Waals surface area contributed by atoms with Crippen LogP contribution in [0.5, 0.6) is 0 Å². The van der Waals surface area contributed by atoms with Gasteiger partial charge in [-0.05, 0) is 6.42 Å². The fourth-order valence-electron chi connectivity index (χ4n) is 1.52. The zero-order chi connectivity index (χ0) is 9.26. The molecule has 6 heteroatoms. The largest absolute Gasteiger partial charge is 0.480 e. The Bertz CT molecular complexity index is 297. The van der Waals surface area contributed by atoms with Crippen LogP contribution in [0.1, 0.15) is 12.5 Å². The number of nitrogens with one attached hydrogen (secondary N) is 1. The maximum absolute atomic E-state index is 10.6. The number of hydrogen-bond donors (Lipinski definition) is 2. The Kier molecular flexibility index (Phi) is 1.97. The van der Waals surface area contributed by atoms with Gasteiger partial charge in [-0.15, -0.1) is 5.10 Å². The number of carbonyl (C=O) groups is 1. The molecule has 1 aliphatic rings. The Labute approximate surface area is 74.6 Å². The molecule has 0 aromatic carbocycles. The number of nitrogens with zero attached hydrogens (tertiary/aromatic N) is 3. The highest BCUT2D eigenvalue weighted by Crippen LogP contribution is 2.17. The van der Waals surface area contributed by atoms with Crippen molar-refractivity contribution in [2.45, 2.75) is 18.5 Å². The van der Waals surface area contributed by atoms with Crippen LogP contribution in [-0.2, 0) is 4.79 Å². The Morgan fingerprint density at radius 2 is 2.54 bits per heavy atom. The van der Waals surface area contributed by atoms with Gasteiger partial charge in [-0.3, -0.25) is 4.79 Å². The molecule has 1 fully saturated rings. The lowest BCUT2D eigenvalue weighted by molar-refractivity contribution is -0.139. The molecule has 1 aromatic heterocycles. The molecule has 2 rings (SSSR count). The quantitative estimate of drug-likeness (QED) is 0.630. The minimum Gasteiger partial charge on any atom is -0.480 e. The van der Waals surface area contributed by atoms with E-state index in [0.717, 1.165) is 0 Å². The van der Waals surface area contributed by atoms with E-state index in [1.165, 1.54) is 0 Å². The number of rotatable bonds is 2. The number of hydrogen-bond acceptors (Lipinski definition) is 4. The highest BCUT2D eigenvalue weighted by atomic mass is 16.4. The summed E-state index contributed by atoms with van der Waals surface area (Å²) in [6.45, 7) is 0.639. The van der Waals surface area contributed by atoms with E-state index in [-0.39, 0.29) is 6.04 Å². The van der Waals surface area contributed by atoms with Crippen LogP contribution >= 0.6 is 0 Å². The summed E-state index contributed by atoms with van der Waals surface area (Å²) < 4.78 is 1.69. The average Bonchev–Trinajstić information content (AvgIpc) is 2.75. The molecule has 0 unspecified atom stereocenters. The molecular formula is C7H10N4O2. The van der Waals surface area contributed by atoms with Crippen molar-refractivity contribution in [3.05, 3.63) is 12.4 Å². The first kappa shape index (κ1) is 8.18. The molecule has 0 saturated carbocycles. The Balaban J connectivity index is 2.03. The topological polar surface area (TPSA) is 80.0 Å². The summed E-state index contributed by atoms with van der Waals surface area (Å²) in [6.07, 6.45) is 3.91. The van der Waals surface area contributed by atoms with E-state index in [1.54, 1.807) is 17.1 Å². The molecule has 0 aliphatic carbocycles. The van der Waals surface area contributed by atoms with E-state index in [2.05, 4.69) is 15.6 Å². The second-order valence-corrected chi connectivity index (χ2v) is 3.07. The maximum Gasteiger partial charge on any atom is 0.320 e. The van der Waals surface area contributed by atoms with Gasteiger partial charge in [0, 0.05) is 12.7 Å². The van der Waals surface area contributed by atoms with Crippen molar-refractivity contribution >= 4 is 5.97 Å². The molecule has 6 nitrogen and oxygen atoms in total. The summed E-state index contributed by atoms with van der Waals surface area (Å²) in [7, 11) is 0. The monoisotopic (exact) mass is 182 g/mol. The van der Waals surface area contributed by atoms with Crippen molar-refractivity contribution in [1.29, 1.82) is 0 Å². The molecule has 1 saturated heterocycles. The fraction of sp³-hybridized carbons (Fsp3) is 0.571. The molecule has 1 aliphatic heterocycles. The van der Waals surface area contributed by atoms with Crippen molar-refractivity contribution in [3.63, 3.8) is 0 Å². The van der Waals surface area contributed by atoms with Gasteiger partial charge in [0.15, 0.2) is 0 Å². The van der Waals surface area contributed by atoms with Crippen molar-refractivity contribution in [2.24, 2.45) is 0 Å².